The van der Waals surface area contributed by atoms with Crippen molar-refractivity contribution < 1.29 is 37.1 Å². The number of halogens is 1. The minimum atomic E-state index is -3.61. The van der Waals surface area contributed by atoms with Crippen LogP contribution in [-0.4, -0.2) is 111 Å². The Morgan fingerprint density at radius 3 is 2.28 bits per heavy atom. The molecule has 2 aromatic carbocycles. The molecule has 3 fully saturated rings. The number of carbonyl (C=O) groups is 4. The molecule has 4 aliphatic heterocycles. The fourth-order valence-corrected chi connectivity index (χ4v) is 8.89. The molecule has 12 nitrogen and oxygen atoms in total. The van der Waals surface area contributed by atoms with Gasteiger partial charge in [0.15, 0.2) is 9.84 Å². The lowest BCUT2D eigenvalue weighted by atomic mass is 9.94. The Labute approximate surface area is 272 Å². The summed E-state index contributed by atoms with van der Waals surface area (Å²) in [7, 11) is -3.61. The number of aliphatic hydroxyl groups excluding tert-OH is 1. The number of fused-ring (bicyclic) bond motifs is 2. The number of benzene rings is 2. The predicted molar refractivity (Wildman–Crippen MR) is 170 cm³/mol. The molecule has 0 aromatic heterocycles. The molecule has 1 aliphatic carbocycles. The van der Waals surface area contributed by atoms with Gasteiger partial charge in [0.1, 0.15) is 18.3 Å². The fraction of sp³-hybridized carbons (Fsp3) is 0.515. The lowest BCUT2D eigenvalue weighted by Crippen LogP contribution is -2.54. The number of piperidine rings is 2. The van der Waals surface area contributed by atoms with Crippen molar-refractivity contribution >= 4 is 44.8 Å². The molecular weight excluding hydrogens is 629 g/mol. The van der Waals surface area contributed by atoms with Gasteiger partial charge in [0.2, 0.25) is 11.8 Å². The van der Waals surface area contributed by atoms with Crippen molar-refractivity contribution in [3.63, 3.8) is 0 Å². The van der Waals surface area contributed by atoms with Gasteiger partial charge in [-0.05, 0) is 55.0 Å². The molecule has 5 aliphatic rings. The number of alkyl halides is 1. The second-order valence-corrected chi connectivity index (χ2v) is 15.3. The lowest BCUT2D eigenvalue weighted by Gasteiger charge is -2.40. The highest BCUT2D eigenvalue weighted by molar-refractivity contribution is 7.90. The molecule has 47 heavy (non-hydrogen) atoms. The van der Waals surface area contributed by atoms with Gasteiger partial charge >= 0.3 is 0 Å². The highest BCUT2D eigenvalue weighted by atomic mass is 32.2. The number of nitrogens with zero attached hydrogens (tertiary/aromatic N) is 4. The Bertz CT molecular complexity index is 1770. The minimum absolute atomic E-state index is 0.000918. The van der Waals surface area contributed by atoms with E-state index in [-0.39, 0.29) is 35.3 Å². The molecule has 3 saturated heterocycles. The van der Waals surface area contributed by atoms with Gasteiger partial charge < -0.3 is 14.9 Å². The smallest absolute Gasteiger partial charge is 0.264 e. The molecule has 2 aromatic rings. The van der Waals surface area contributed by atoms with Crippen molar-refractivity contribution in [2.24, 2.45) is 5.92 Å². The Hall–Kier alpha value is -3.88. The van der Waals surface area contributed by atoms with Crippen molar-refractivity contribution in [2.45, 2.75) is 55.3 Å². The van der Waals surface area contributed by atoms with Crippen molar-refractivity contribution in [2.75, 3.05) is 61.9 Å². The van der Waals surface area contributed by atoms with Crippen molar-refractivity contribution in [1.82, 2.24) is 15.1 Å². The van der Waals surface area contributed by atoms with Crippen LogP contribution in [0.3, 0.4) is 0 Å². The molecule has 4 heterocycles. The van der Waals surface area contributed by atoms with E-state index in [1.807, 2.05) is 6.07 Å². The monoisotopic (exact) mass is 667 g/mol. The maximum Gasteiger partial charge on any atom is 0.264 e. The molecule has 0 bridgehead atoms. The molecule has 0 radical (unpaired) electrons. The number of aliphatic hydroxyl groups is 1. The third kappa shape index (κ3) is 5.59. The number of nitrogens with one attached hydrogen (secondary N) is 1. The fourth-order valence-electron chi connectivity index (χ4n) is 7.93. The maximum atomic E-state index is 14.6. The van der Waals surface area contributed by atoms with Crippen LogP contribution in [0.25, 0.3) is 0 Å². The molecule has 3 atom stereocenters. The SMILES string of the molecule is CS(=O)(=O)c1ccc(N2CCC(CN3CCN(c4cccc5c4C(=O)N(C4CCC(=O)NC4=O)C5=O)CC3)CC2)c2c1[C@H](O)[C@H](F)C2. The third-order valence-electron chi connectivity index (χ3n) is 10.4. The average Bonchev–Trinajstić information content (AvgIpc) is 3.48. The summed E-state index contributed by atoms with van der Waals surface area (Å²) < 4.78 is 39.2. The predicted octanol–water partition coefficient (Wildman–Crippen LogP) is 1.46. The number of piperazine rings is 1. The zero-order valence-electron chi connectivity index (χ0n) is 26.2. The van der Waals surface area contributed by atoms with Gasteiger partial charge in [-0.2, -0.15) is 0 Å². The summed E-state index contributed by atoms with van der Waals surface area (Å²) in [5, 5.41) is 12.7. The zero-order chi connectivity index (χ0) is 33.2. The first-order valence-electron chi connectivity index (χ1n) is 16.2. The van der Waals surface area contributed by atoms with Gasteiger partial charge in [-0.3, -0.25) is 34.3 Å². The largest absolute Gasteiger partial charge is 0.385 e. The van der Waals surface area contributed by atoms with Crippen LogP contribution in [-0.2, 0) is 25.8 Å². The maximum absolute atomic E-state index is 14.6. The van der Waals surface area contributed by atoms with Gasteiger partial charge in [0.05, 0.1) is 21.7 Å². The van der Waals surface area contributed by atoms with Crippen LogP contribution in [0.1, 0.15) is 63.6 Å². The van der Waals surface area contributed by atoms with E-state index in [9.17, 15) is 37.1 Å². The van der Waals surface area contributed by atoms with E-state index in [1.54, 1.807) is 18.2 Å². The molecule has 14 heteroatoms. The molecule has 7 rings (SSSR count). The standard InChI is InChI=1S/C33H38FN5O7S/c1-47(45,46)26-7-5-23(21-17-22(34)30(41)29(21)26)37-11-9-19(10-12-37)18-36-13-15-38(16-14-36)24-4-2-3-20-28(24)33(44)39(32(20)43)25-6-8-27(40)35-31(25)42/h2-5,7,19,22,25,30,41H,6,8-18H2,1H3,(H,35,40,42)/t22-,25?,30-/m1/s1. The Morgan fingerprint density at radius 1 is 0.894 bits per heavy atom. The van der Waals surface area contributed by atoms with Gasteiger partial charge in [-0.1, -0.05) is 6.07 Å². The summed E-state index contributed by atoms with van der Waals surface area (Å²) in [6.45, 7) is 5.29. The van der Waals surface area contributed by atoms with Crippen LogP contribution >= 0.6 is 0 Å². The van der Waals surface area contributed by atoms with E-state index < -0.39 is 51.8 Å². The first-order valence-corrected chi connectivity index (χ1v) is 18.1. The van der Waals surface area contributed by atoms with Crippen LogP contribution in [0.4, 0.5) is 15.8 Å². The van der Waals surface area contributed by atoms with E-state index in [1.165, 1.54) is 6.07 Å². The minimum Gasteiger partial charge on any atom is -0.385 e. The first-order chi connectivity index (χ1) is 22.4. The molecule has 1 unspecified atom stereocenters. The van der Waals surface area contributed by atoms with Gasteiger partial charge in [-0.15, -0.1) is 0 Å². The van der Waals surface area contributed by atoms with Gasteiger partial charge in [0, 0.05) is 76.2 Å². The summed E-state index contributed by atoms with van der Waals surface area (Å²) in [5.41, 5.74) is 2.87. The summed E-state index contributed by atoms with van der Waals surface area (Å²) in [5.74, 6) is -1.60. The van der Waals surface area contributed by atoms with Crippen molar-refractivity contribution in [3.05, 3.63) is 52.6 Å². The molecule has 4 amide bonds. The number of rotatable bonds is 6. The number of hydrogen-bond acceptors (Lipinski definition) is 10. The Morgan fingerprint density at radius 2 is 1.60 bits per heavy atom. The summed E-state index contributed by atoms with van der Waals surface area (Å²) in [6, 6.07) is 7.45. The van der Waals surface area contributed by atoms with Crippen LogP contribution in [0.5, 0.6) is 0 Å². The topological polar surface area (TPSA) is 148 Å². The number of carbonyl (C=O) groups excluding carboxylic acids is 4. The second kappa shape index (κ2) is 12.0. The Balaban J connectivity index is 0.968. The highest BCUT2D eigenvalue weighted by Gasteiger charge is 2.46. The third-order valence-corrected chi connectivity index (χ3v) is 11.5. The lowest BCUT2D eigenvalue weighted by molar-refractivity contribution is -0.136. The van der Waals surface area contributed by atoms with E-state index in [0.717, 1.165) is 62.4 Å². The van der Waals surface area contributed by atoms with Crippen LogP contribution in [0.2, 0.25) is 0 Å². The summed E-state index contributed by atoms with van der Waals surface area (Å²) in [4.78, 5) is 58.6. The number of hydrogen-bond donors (Lipinski definition) is 2. The molecular formula is C33H38FN5O7S. The molecule has 0 spiro atoms. The quantitative estimate of drug-likeness (QED) is 0.434. The van der Waals surface area contributed by atoms with Crippen LogP contribution < -0.4 is 15.1 Å². The van der Waals surface area contributed by atoms with E-state index in [2.05, 4.69) is 20.0 Å². The summed E-state index contributed by atoms with van der Waals surface area (Å²) in [6.07, 6.45) is 0.138. The van der Waals surface area contributed by atoms with Crippen LogP contribution in [0.15, 0.2) is 35.2 Å². The second-order valence-electron chi connectivity index (χ2n) is 13.3. The zero-order valence-corrected chi connectivity index (χ0v) is 27.0. The van der Waals surface area contributed by atoms with E-state index in [0.29, 0.717) is 35.8 Å². The van der Waals surface area contributed by atoms with Gasteiger partial charge in [-0.25, -0.2) is 12.8 Å². The normalized spacial score (nSPS) is 25.8. The first kappa shape index (κ1) is 31.7. The number of sulfone groups is 1. The molecule has 2 N–H and O–H groups in total. The average molecular weight is 668 g/mol. The molecule has 0 saturated carbocycles. The number of anilines is 2. The van der Waals surface area contributed by atoms with Gasteiger partial charge in [0.25, 0.3) is 11.8 Å². The van der Waals surface area contributed by atoms with Crippen molar-refractivity contribution in [3.8, 4) is 0 Å². The summed E-state index contributed by atoms with van der Waals surface area (Å²) >= 11 is 0. The highest BCUT2D eigenvalue weighted by Crippen LogP contribution is 2.43. The number of imide groups is 2. The van der Waals surface area contributed by atoms with Crippen molar-refractivity contribution in [1.29, 1.82) is 0 Å². The molecule has 250 valence electrons. The Kier molecular flexibility index (Phi) is 8.08. The van der Waals surface area contributed by atoms with Crippen LogP contribution in [0, 0.1) is 5.92 Å². The number of amides is 4. The van der Waals surface area contributed by atoms with E-state index in [4.69, 9.17) is 0 Å². The van der Waals surface area contributed by atoms with E-state index >= 15 is 0 Å².